The second-order valence-electron chi connectivity index (χ2n) is 8.62. The number of benzene rings is 2. The van der Waals surface area contributed by atoms with Crippen molar-refractivity contribution in [3.05, 3.63) is 60.2 Å². The summed E-state index contributed by atoms with van der Waals surface area (Å²) >= 11 is 0. The van der Waals surface area contributed by atoms with E-state index in [0.29, 0.717) is 44.8 Å². The van der Waals surface area contributed by atoms with Gasteiger partial charge in [-0.1, -0.05) is 30.3 Å². The van der Waals surface area contributed by atoms with Crippen molar-refractivity contribution in [3.8, 4) is 0 Å². The van der Waals surface area contributed by atoms with Crippen LogP contribution in [0.4, 0.5) is 5.69 Å². The Labute approximate surface area is 189 Å². The average molecular weight is 459 g/mol. The monoisotopic (exact) mass is 458 g/mol. The molecule has 7 nitrogen and oxygen atoms in total. The number of anilines is 1. The molecule has 0 bridgehead atoms. The minimum Gasteiger partial charge on any atom is -0.381 e. The van der Waals surface area contributed by atoms with E-state index >= 15 is 0 Å². The number of carbonyl (C=O) groups excluding carboxylic acids is 1. The number of amides is 1. The number of hydrogen-bond donors (Lipinski definition) is 1. The molecule has 2 aromatic rings. The van der Waals surface area contributed by atoms with Crippen molar-refractivity contribution in [1.82, 2.24) is 4.31 Å². The predicted molar refractivity (Wildman–Crippen MR) is 122 cm³/mol. The van der Waals surface area contributed by atoms with Crippen LogP contribution in [0, 0.1) is 0 Å². The average Bonchev–Trinajstić information content (AvgIpc) is 2.80. The molecular formula is C24H30N2O5S. The molecule has 2 aliphatic rings. The van der Waals surface area contributed by atoms with Crippen LogP contribution in [0.25, 0.3) is 0 Å². The summed E-state index contributed by atoms with van der Waals surface area (Å²) in [5.74, 6) is -0.0987. The second-order valence-corrected chi connectivity index (χ2v) is 10.6. The van der Waals surface area contributed by atoms with Crippen molar-refractivity contribution in [2.45, 2.75) is 49.2 Å². The van der Waals surface area contributed by atoms with E-state index in [1.807, 2.05) is 44.2 Å². The second kappa shape index (κ2) is 9.31. The summed E-state index contributed by atoms with van der Waals surface area (Å²) in [6.07, 6.45) is 0.896. The number of hydrogen-bond acceptors (Lipinski definition) is 5. The highest BCUT2D eigenvalue weighted by atomic mass is 32.2. The molecule has 2 unspecified atom stereocenters. The van der Waals surface area contributed by atoms with Crippen molar-refractivity contribution < 1.29 is 22.7 Å². The number of rotatable bonds is 5. The minimum atomic E-state index is -3.62. The van der Waals surface area contributed by atoms with E-state index in [2.05, 4.69) is 5.32 Å². The molecule has 8 heteroatoms. The highest BCUT2D eigenvalue weighted by molar-refractivity contribution is 7.89. The van der Waals surface area contributed by atoms with E-state index < -0.39 is 15.4 Å². The van der Waals surface area contributed by atoms with Gasteiger partial charge in [0, 0.05) is 32.0 Å². The first kappa shape index (κ1) is 22.9. The van der Waals surface area contributed by atoms with E-state index in [-0.39, 0.29) is 23.0 Å². The number of nitrogens with zero attached hydrogens (tertiary/aromatic N) is 1. The minimum absolute atomic E-state index is 0.0987. The fraction of sp³-hybridized carbons (Fsp3) is 0.458. The number of carbonyl (C=O) groups is 1. The molecule has 2 aromatic carbocycles. The summed E-state index contributed by atoms with van der Waals surface area (Å²) in [5.41, 5.74) is 0.875. The zero-order valence-corrected chi connectivity index (χ0v) is 19.3. The smallest absolute Gasteiger partial charge is 0.243 e. The van der Waals surface area contributed by atoms with Crippen molar-refractivity contribution in [3.63, 3.8) is 0 Å². The van der Waals surface area contributed by atoms with Crippen molar-refractivity contribution in [1.29, 1.82) is 0 Å². The van der Waals surface area contributed by atoms with Gasteiger partial charge in [0.15, 0.2) is 0 Å². The molecule has 0 aliphatic carbocycles. The molecule has 0 saturated carbocycles. The highest BCUT2D eigenvalue weighted by Crippen LogP contribution is 2.36. The zero-order valence-electron chi connectivity index (χ0n) is 18.5. The summed E-state index contributed by atoms with van der Waals surface area (Å²) in [4.78, 5) is 13.6. The van der Waals surface area contributed by atoms with Crippen LogP contribution in [0.5, 0.6) is 0 Å². The summed E-state index contributed by atoms with van der Waals surface area (Å²) < 4.78 is 38.8. The molecule has 4 rings (SSSR count). The van der Waals surface area contributed by atoms with Gasteiger partial charge in [0.1, 0.15) is 0 Å². The Kier molecular flexibility index (Phi) is 6.67. The third kappa shape index (κ3) is 4.59. The van der Waals surface area contributed by atoms with E-state index in [9.17, 15) is 13.2 Å². The Morgan fingerprint density at radius 3 is 2.16 bits per heavy atom. The quantitative estimate of drug-likeness (QED) is 0.744. The first-order valence-corrected chi connectivity index (χ1v) is 12.5. The van der Waals surface area contributed by atoms with Crippen molar-refractivity contribution >= 4 is 21.6 Å². The van der Waals surface area contributed by atoms with Crippen molar-refractivity contribution in [2.75, 3.05) is 31.6 Å². The van der Waals surface area contributed by atoms with Gasteiger partial charge in [-0.15, -0.1) is 0 Å². The molecule has 0 spiro atoms. The lowest BCUT2D eigenvalue weighted by Gasteiger charge is -2.36. The first-order chi connectivity index (χ1) is 15.3. The van der Waals surface area contributed by atoms with Gasteiger partial charge in [0.05, 0.1) is 22.5 Å². The Hall–Kier alpha value is -2.26. The van der Waals surface area contributed by atoms with Gasteiger partial charge in [-0.05, 0) is 56.5 Å². The lowest BCUT2D eigenvalue weighted by atomic mass is 9.73. The number of ether oxygens (including phenoxy) is 2. The summed E-state index contributed by atoms with van der Waals surface area (Å²) in [5, 5.41) is 3.00. The van der Waals surface area contributed by atoms with Crippen molar-refractivity contribution in [2.24, 2.45) is 0 Å². The topological polar surface area (TPSA) is 84.9 Å². The molecule has 1 amide bonds. The molecule has 2 atom stereocenters. The van der Waals surface area contributed by atoms with Gasteiger partial charge >= 0.3 is 0 Å². The van der Waals surface area contributed by atoms with E-state index in [0.717, 1.165) is 5.56 Å². The van der Waals surface area contributed by atoms with Gasteiger partial charge in [-0.25, -0.2) is 8.42 Å². The molecule has 1 N–H and O–H groups in total. The van der Waals surface area contributed by atoms with Crippen LogP contribution >= 0.6 is 0 Å². The molecule has 32 heavy (non-hydrogen) atoms. The number of sulfonamides is 1. The van der Waals surface area contributed by atoms with E-state index in [1.54, 1.807) is 24.3 Å². The third-order valence-corrected chi connectivity index (χ3v) is 8.09. The Balaban J connectivity index is 1.52. The molecule has 2 heterocycles. The molecule has 2 fully saturated rings. The molecule has 0 aromatic heterocycles. The fourth-order valence-electron chi connectivity index (χ4n) is 4.56. The van der Waals surface area contributed by atoms with Crippen LogP contribution in [-0.2, 0) is 29.7 Å². The molecule has 0 radical (unpaired) electrons. The highest BCUT2D eigenvalue weighted by Gasteiger charge is 2.41. The third-order valence-electron chi connectivity index (χ3n) is 6.24. The lowest BCUT2D eigenvalue weighted by Crippen LogP contribution is -2.48. The molecule has 172 valence electrons. The first-order valence-electron chi connectivity index (χ1n) is 11.0. The molecule has 2 saturated heterocycles. The maximum Gasteiger partial charge on any atom is 0.243 e. The normalized spacial score (nSPS) is 24.1. The van der Waals surface area contributed by atoms with Crippen LogP contribution in [0.15, 0.2) is 59.5 Å². The number of nitrogens with one attached hydrogen (secondary N) is 1. The largest absolute Gasteiger partial charge is 0.381 e. The Morgan fingerprint density at radius 1 is 0.969 bits per heavy atom. The molecular weight excluding hydrogens is 428 g/mol. The SMILES string of the molecule is CC1CN(S(=O)(=O)c2ccc(NC(=O)C3(c4ccccc4)CCOCC3)cc2)CC(C)O1. The summed E-state index contributed by atoms with van der Waals surface area (Å²) in [6, 6.07) is 16.2. The van der Waals surface area contributed by atoms with Crippen LogP contribution in [0.3, 0.4) is 0 Å². The lowest BCUT2D eigenvalue weighted by molar-refractivity contribution is -0.125. The van der Waals surface area contributed by atoms with Crippen LogP contribution in [0.1, 0.15) is 32.3 Å². The maximum absolute atomic E-state index is 13.4. The predicted octanol–water partition coefficient (Wildman–Crippen LogP) is 3.17. The van der Waals surface area contributed by atoms with Gasteiger partial charge in [0.25, 0.3) is 0 Å². The standard InChI is InChI=1S/C24H30N2O5S/c1-18-16-26(17-19(2)31-18)32(28,29)22-10-8-21(9-11-22)25-23(27)24(12-14-30-15-13-24)20-6-4-3-5-7-20/h3-11,18-19H,12-17H2,1-2H3,(H,25,27). The van der Waals surface area contributed by atoms with E-state index in [1.165, 1.54) is 4.31 Å². The van der Waals surface area contributed by atoms with Gasteiger partial charge < -0.3 is 14.8 Å². The van der Waals surface area contributed by atoms with Crippen LogP contribution in [-0.4, -0.2) is 57.1 Å². The summed E-state index contributed by atoms with van der Waals surface area (Å²) in [7, 11) is -3.62. The van der Waals surface area contributed by atoms with Gasteiger partial charge in [-0.2, -0.15) is 4.31 Å². The van der Waals surface area contributed by atoms with Crippen LogP contribution in [0.2, 0.25) is 0 Å². The van der Waals surface area contributed by atoms with Crippen LogP contribution < -0.4 is 5.32 Å². The fourth-order valence-corrected chi connectivity index (χ4v) is 6.15. The Bertz CT molecular complexity index is 1020. The van der Waals surface area contributed by atoms with E-state index in [4.69, 9.17) is 9.47 Å². The van der Waals surface area contributed by atoms with Gasteiger partial charge in [0.2, 0.25) is 15.9 Å². The zero-order chi connectivity index (χ0) is 22.8. The maximum atomic E-state index is 13.4. The summed E-state index contributed by atoms with van der Waals surface area (Å²) in [6.45, 7) is 5.44. The van der Waals surface area contributed by atoms with Gasteiger partial charge in [-0.3, -0.25) is 4.79 Å². The number of morpholine rings is 1. The molecule has 2 aliphatic heterocycles. The Morgan fingerprint density at radius 2 is 1.56 bits per heavy atom.